The topological polar surface area (TPSA) is 58.3 Å². The minimum absolute atomic E-state index is 0.282. The SMILES string of the molecule is CSCCC(CN)NC(C)CCCO. The molecule has 0 aliphatic rings. The van der Waals surface area contributed by atoms with E-state index < -0.39 is 0 Å². The van der Waals surface area contributed by atoms with Crippen LogP contribution in [0.3, 0.4) is 0 Å². The number of nitrogens with one attached hydrogen (secondary N) is 1. The van der Waals surface area contributed by atoms with Crippen LogP contribution in [0, 0.1) is 0 Å². The molecule has 0 heterocycles. The largest absolute Gasteiger partial charge is 0.396 e. The second-order valence-electron chi connectivity index (χ2n) is 3.65. The lowest BCUT2D eigenvalue weighted by molar-refractivity contribution is 0.273. The smallest absolute Gasteiger partial charge is 0.0431 e. The molecule has 4 N–H and O–H groups in total. The van der Waals surface area contributed by atoms with Crippen molar-refractivity contribution in [3.8, 4) is 0 Å². The molecule has 86 valence electrons. The molecule has 0 fully saturated rings. The maximum absolute atomic E-state index is 8.69. The average Bonchev–Trinajstić information content (AvgIpc) is 2.21. The quantitative estimate of drug-likeness (QED) is 0.538. The summed E-state index contributed by atoms with van der Waals surface area (Å²) in [5.74, 6) is 1.15. The molecule has 0 aliphatic heterocycles. The van der Waals surface area contributed by atoms with Crippen molar-refractivity contribution in [2.45, 2.75) is 38.3 Å². The molecule has 2 unspecified atom stereocenters. The van der Waals surface area contributed by atoms with Crippen molar-refractivity contribution < 1.29 is 5.11 Å². The van der Waals surface area contributed by atoms with E-state index in [-0.39, 0.29) is 6.61 Å². The van der Waals surface area contributed by atoms with E-state index in [9.17, 15) is 0 Å². The van der Waals surface area contributed by atoms with E-state index in [1.165, 1.54) is 0 Å². The van der Waals surface area contributed by atoms with Gasteiger partial charge in [-0.2, -0.15) is 11.8 Å². The van der Waals surface area contributed by atoms with Gasteiger partial charge >= 0.3 is 0 Å². The Morgan fingerprint density at radius 3 is 2.64 bits per heavy atom. The molecule has 0 aromatic heterocycles. The molecule has 0 aromatic carbocycles. The first-order chi connectivity index (χ1) is 6.74. The Morgan fingerprint density at radius 2 is 2.14 bits per heavy atom. The summed E-state index contributed by atoms with van der Waals surface area (Å²) < 4.78 is 0. The van der Waals surface area contributed by atoms with Crippen molar-refractivity contribution in [3.05, 3.63) is 0 Å². The molecule has 0 amide bonds. The Kier molecular flexibility index (Phi) is 9.93. The van der Waals surface area contributed by atoms with Crippen LogP contribution < -0.4 is 11.1 Å². The highest BCUT2D eigenvalue weighted by molar-refractivity contribution is 7.98. The fraction of sp³-hybridized carbons (Fsp3) is 1.00. The van der Waals surface area contributed by atoms with Gasteiger partial charge in [0.15, 0.2) is 0 Å². The molecule has 0 aromatic rings. The van der Waals surface area contributed by atoms with Crippen LogP contribution in [-0.2, 0) is 0 Å². The lowest BCUT2D eigenvalue weighted by Crippen LogP contribution is -2.41. The van der Waals surface area contributed by atoms with Crippen LogP contribution >= 0.6 is 11.8 Å². The molecule has 0 radical (unpaired) electrons. The minimum Gasteiger partial charge on any atom is -0.396 e. The van der Waals surface area contributed by atoms with E-state index in [1.807, 2.05) is 11.8 Å². The molecule has 0 aliphatic carbocycles. The lowest BCUT2D eigenvalue weighted by atomic mass is 10.1. The zero-order valence-corrected chi connectivity index (χ0v) is 10.1. The van der Waals surface area contributed by atoms with Crippen LogP contribution in [0.15, 0.2) is 0 Å². The number of rotatable bonds is 9. The Labute approximate surface area is 91.8 Å². The van der Waals surface area contributed by atoms with Crippen LogP contribution in [0.5, 0.6) is 0 Å². The summed E-state index contributed by atoms with van der Waals surface area (Å²) in [6.07, 6.45) is 5.13. The summed E-state index contributed by atoms with van der Waals surface area (Å²) in [4.78, 5) is 0. The Morgan fingerprint density at radius 1 is 1.43 bits per heavy atom. The Bertz CT molecular complexity index is 125. The summed E-state index contributed by atoms with van der Waals surface area (Å²) in [6.45, 7) is 3.13. The third kappa shape index (κ3) is 7.62. The van der Waals surface area contributed by atoms with Gasteiger partial charge in [-0.05, 0) is 38.2 Å². The van der Waals surface area contributed by atoms with Gasteiger partial charge in [0.1, 0.15) is 0 Å². The highest BCUT2D eigenvalue weighted by atomic mass is 32.2. The number of aliphatic hydroxyl groups is 1. The van der Waals surface area contributed by atoms with Crippen molar-refractivity contribution >= 4 is 11.8 Å². The molecule has 14 heavy (non-hydrogen) atoms. The molecule has 0 saturated carbocycles. The molecule has 0 saturated heterocycles. The predicted molar refractivity (Wildman–Crippen MR) is 64.8 cm³/mol. The molecule has 4 heteroatoms. The zero-order chi connectivity index (χ0) is 10.8. The molecule has 0 rings (SSSR count). The summed E-state index contributed by atoms with van der Waals surface area (Å²) in [5.41, 5.74) is 5.67. The molecular weight excluding hydrogens is 196 g/mol. The maximum atomic E-state index is 8.69. The number of thioether (sulfide) groups is 1. The van der Waals surface area contributed by atoms with Gasteiger partial charge < -0.3 is 16.2 Å². The number of hydrogen-bond donors (Lipinski definition) is 3. The van der Waals surface area contributed by atoms with E-state index in [1.54, 1.807) is 0 Å². The maximum Gasteiger partial charge on any atom is 0.0431 e. The fourth-order valence-electron chi connectivity index (χ4n) is 1.41. The predicted octanol–water partition coefficient (Wildman–Crippen LogP) is 0.817. The van der Waals surface area contributed by atoms with Gasteiger partial charge in [-0.25, -0.2) is 0 Å². The van der Waals surface area contributed by atoms with E-state index in [4.69, 9.17) is 10.8 Å². The van der Waals surface area contributed by atoms with Gasteiger partial charge in [0.25, 0.3) is 0 Å². The van der Waals surface area contributed by atoms with E-state index in [0.717, 1.165) is 25.0 Å². The highest BCUT2D eigenvalue weighted by Crippen LogP contribution is 2.03. The zero-order valence-electron chi connectivity index (χ0n) is 9.33. The molecule has 2 atom stereocenters. The van der Waals surface area contributed by atoms with Gasteiger partial charge in [-0.1, -0.05) is 0 Å². The van der Waals surface area contributed by atoms with E-state index in [0.29, 0.717) is 18.6 Å². The molecule has 0 spiro atoms. The van der Waals surface area contributed by atoms with Gasteiger partial charge in [0, 0.05) is 25.2 Å². The number of hydrogen-bond acceptors (Lipinski definition) is 4. The standard InChI is InChI=1S/C10H24N2OS/c1-9(4-3-6-13)12-10(8-11)5-7-14-2/h9-10,12-13H,3-8,11H2,1-2H3. The van der Waals surface area contributed by atoms with E-state index >= 15 is 0 Å². The third-order valence-corrected chi connectivity index (χ3v) is 2.91. The van der Waals surface area contributed by atoms with Crippen LogP contribution in [0.2, 0.25) is 0 Å². The monoisotopic (exact) mass is 220 g/mol. The van der Waals surface area contributed by atoms with Gasteiger partial charge in [0.05, 0.1) is 0 Å². The van der Waals surface area contributed by atoms with E-state index in [2.05, 4.69) is 18.5 Å². The highest BCUT2D eigenvalue weighted by Gasteiger charge is 2.09. The third-order valence-electron chi connectivity index (χ3n) is 2.27. The van der Waals surface area contributed by atoms with Crippen molar-refractivity contribution in [3.63, 3.8) is 0 Å². The number of aliphatic hydroxyl groups excluding tert-OH is 1. The second-order valence-corrected chi connectivity index (χ2v) is 4.63. The van der Waals surface area contributed by atoms with Gasteiger partial charge in [0.2, 0.25) is 0 Å². The van der Waals surface area contributed by atoms with Crippen molar-refractivity contribution in [2.75, 3.05) is 25.2 Å². The van der Waals surface area contributed by atoms with Gasteiger partial charge in [-0.15, -0.1) is 0 Å². The summed E-state index contributed by atoms with van der Waals surface area (Å²) >= 11 is 1.85. The first-order valence-corrected chi connectivity index (χ1v) is 6.69. The molecular formula is C10H24N2OS. The van der Waals surface area contributed by atoms with Crippen LogP contribution in [0.4, 0.5) is 0 Å². The Balaban J connectivity index is 3.57. The van der Waals surface area contributed by atoms with Crippen LogP contribution in [0.1, 0.15) is 26.2 Å². The van der Waals surface area contributed by atoms with Crippen molar-refractivity contribution in [1.82, 2.24) is 5.32 Å². The molecule has 0 bridgehead atoms. The minimum atomic E-state index is 0.282. The summed E-state index contributed by atoms with van der Waals surface area (Å²) in [7, 11) is 0. The first-order valence-electron chi connectivity index (χ1n) is 5.30. The fourth-order valence-corrected chi connectivity index (χ4v) is 1.93. The summed E-state index contributed by atoms with van der Waals surface area (Å²) in [5, 5.41) is 12.2. The second kappa shape index (κ2) is 9.77. The normalized spacial score (nSPS) is 15.4. The first kappa shape index (κ1) is 14.2. The lowest BCUT2D eigenvalue weighted by Gasteiger charge is -2.21. The van der Waals surface area contributed by atoms with Crippen LogP contribution in [-0.4, -0.2) is 42.4 Å². The summed E-state index contributed by atoms with van der Waals surface area (Å²) in [6, 6.07) is 0.883. The van der Waals surface area contributed by atoms with Crippen LogP contribution in [0.25, 0.3) is 0 Å². The average molecular weight is 220 g/mol. The van der Waals surface area contributed by atoms with Crippen molar-refractivity contribution in [1.29, 1.82) is 0 Å². The Hall–Kier alpha value is 0.230. The van der Waals surface area contributed by atoms with Gasteiger partial charge in [-0.3, -0.25) is 0 Å². The number of nitrogens with two attached hydrogens (primary N) is 1. The molecule has 3 nitrogen and oxygen atoms in total. The van der Waals surface area contributed by atoms with Crippen molar-refractivity contribution in [2.24, 2.45) is 5.73 Å².